The summed E-state index contributed by atoms with van der Waals surface area (Å²) < 4.78 is 15.5. The van der Waals surface area contributed by atoms with E-state index in [1.54, 1.807) is 12.1 Å². The second-order valence-corrected chi connectivity index (χ2v) is 10.1. The molecule has 1 fully saturated rings. The number of rotatable bonds is 12. The lowest BCUT2D eigenvalue weighted by molar-refractivity contribution is 0.0751. The lowest BCUT2D eigenvalue weighted by Crippen LogP contribution is -2.33. The van der Waals surface area contributed by atoms with Crippen LogP contribution in [0.5, 0.6) is 0 Å². The maximum absolute atomic E-state index is 13.6. The molecule has 0 aliphatic carbocycles. The zero-order valence-electron chi connectivity index (χ0n) is 22.0. The number of nitrogens with zero attached hydrogens (tertiary/aromatic N) is 4. The number of benzene rings is 1. The van der Waals surface area contributed by atoms with Crippen molar-refractivity contribution in [3.8, 4) is 11.3 Å². The highest BCUT2D eigenvalue weighted by Gasteiger charge is 2.20. The smallest absolute Gasteiger partial charge is 0.253 e. The number of piperidine rings is 1. The van der Waals surface area contributed by atoms with Crippen molar-refractivity contribution in [3.05, 3.63) is 59.5 Å². The first kappa shape index (κ1) is 26.3. The van der Waals surface area contributed by atoms with Gasteiger partial charge < -0.3 is 9.80 Å². The van der Waals surface area contributed by atoms with Crippen LogP contribution in [0.2, 0.25) is 0 Å². The summed E-state index contributed by atoms with van der Waals surface area (Å²) in [5, 5.41) is 4.88. The third kappa shape index (κ3) is 6.52. The molecule has 5 nitrogen and oxygen atoms in total. The molecule has 1 aromatic carbocycles. The normalized spacial score (nSPS) is 14.4. The van der Waals surface area contributed by atoms with Gasteiger partial charge >= 0.3 is 0 Å². The van der Waals surface area contributed by atoms with E-state index in [1.807, 2.05) is 27.7 Å². The molecular formula is C30H41FN4O. The first-order valence-electron chi connectivity index (χ1n) is 13.9. The quantitative estimate of drug-likeness (QED) is 0.286. The first-order chi connectivity index (χ1) is 17.6. The molecule has 1 aliphatic heterocycles. The van der Waals surface area contributed by atoms with Crippen molar-refractivity contribution >= 4 is 11.4 Å². The predicted octanol–water partition coefficient (Wildman–Crippen LogP) is 6.60. The second kappa shape index (κ2) is 13.0. The summed E-state index contributed by atoms with van der Waals surface area (Å²) in [6.07, 6.45) is 11.9. The Morgan fingerprint density at radius 2 is 1.67 bits per heavy atom. The summed E-state index contributed by atoms with van der Waals surface area (Å²) >= 11 is 0. The molecule has 6 heteroatoms. The summed E-state index contributed by atoms with van der Waals surface area (Å²) in [5.41, 5.74) is 4.63. The summed E-state index contributed by atoms with van der Waals surface area (Å²) in [6, 6.07) is 10.5. The molecule has 0 N–H and O–H groups in total. The Labute approximate surface area is 215 Å². The Hall–Kier alpha value is -2.73. The van der Waals surface area contributed by atoms with Crippen molar-refractivity contribution in [2.24, 2.45) is 0 Å². The molecule has 4 rings (SSSR count). The molecule has 1 amide bonds. The van der Waals surface area contributed by atoms with E-state index in [-0.39, 0.29) is 11.7 Å². The van der Waals surface area contributed by atoms with Gasteiger partial charge in [-0.15, -0.1) is 0 Å². The monoisotopic (exact) mass is 492 g/mol. The molecule has 0 saturated carbocycles. The van der Waals surface area contributed by atoms with Crippen LogP contribution in [-0.2, 0) is 6.42 Å². The van der Waals surface area contributed by atoms with Gasteiger partial charge in [-0.05, 0) is 94.6 Å². The van der Waals surface area contributed by atoms with E-state index in [2.05, 4.69) is 18.7 Å². The van der Waals surface area contributed by atoms with Gasteiger partial charge in [-0.2, -0.15) is 5.10 Å². The van der Waals surface area contributed by atoms with Gasteiger partial charge in [0.25, 0.3) is 5.91 Å². The van der Waals surface area contributed by atoms with Crippen molar-refractivity contribution in [2.45, 2.75) is 71.6 Å². The van der Waals surface area contributed by atoms with Gasteiger partial charge in [0.2, 0.25) is 0 Å². The number of aromatic nitrogens is 2. The molecule has 0 spiro atoms. The molecule has 2 aromatic heterocycles. The number of carbonyl (C=O) groups excluding carboxylic acids is 1. The molecule has 0 radical (unpaired) electrons. The first-order valence-corrected chi connectivity index (χ1v) is 13.9. The number of carbonyl (C=O) groups is 1. The summed E-state index contributed by atoms with van der Waals surface area (Å²) in [6.45, 7) is 9.35. The van der Waals surface area contributed by atoms with Crippen LogP contribution < -0.4 is 0 Å². The predicted molar refractivity (Wildman–Crippen MR) is 145 cm³/mol. The minimum absolute atomic E-state index is 0.100. The molecular weight excluding hydrogens is 451 g/mol. The van der Waals surface area contributed by atoms with Gasteiger partial charge in [0.05, 0.1) is 11.2 Å². The maximum Gasteiger partial charge on any atom is 0.253 e. The molecule has 3 aromatic rings. The molecule has 36 heavy (non-hydrogen) atoms. The van der Waals surface area contributed by atoms with Crippen LogP contribution in [0.15, 0.2) is 42.6 Å². The number of hydrogen-bond donors (Lipinski definition) is 0. The van der Waals surface area contributed by atoms with Crippen molar-refractivity contribution in [1.82, 2.24) is 19.4 Å². The molecule has 1 aliphatic rings. The summed E-state index contributed by atoms with van der Waals surface area (Å²) in [7, 11) is 0. The van der Waals surface area contributed by atoms with Crippen LogP contribution >= 0.6 is 0 Å². The van der Waals surface area contributed by atoms with Gasteiger partial charge in [0.1, 0.15) is 5.82 Å². The molecule has 0 unspecified atom stereocenters. The van der Waals surface area contributed by atoms with Crippen LogP contribution in [0.4, 0.5) is 4.39 Å². The van der Waals surface area contributed by atoms with Crippen molar-refractivity contribution in [1.29, 1.82) is 0 Å². The highest BCUT2D eigenvalue weighted by molar-refractivity contribution is 5.95. The Morgan fingerprint density at radius 3 is 2.33 bits per heavy atom. The van der Waals surface area contributed by atoms with Crippen molar-refractivity contribution in [2.75, 3.05) is 32.7 Å². The maximum atomic E-state index is 13.6. The van der Waals surface area contributed by atoms with Crippen LogP contribution in [0.25, 0.3) is 16.8 Å². The number of fused-ring (bicyclic) bond motifs is 1. The molecule has 194 valence electrons. The number of likely N-dealkylation sites (tertiary alicyclic amines) is 1. The minimum atomic E-state index is -0.249. The van der Waals surface area contributed by atoms with Crippen LogP contribution in [-0.4, -0.2) is 58.0 Å². The van der Waals surface area contributed by atoms with Crippen LogP contribution in [0.3, 0.4) is 0 Å². The highest BCUT2D eigenvalue weighted by Crippen LogP contribution is 2.29. The van der Waals surface area contributed by atoms with E-state index in [4.69, 9.17) is 5.10 Å². The Bertz CT molecular complexity index is 1110. The van der Waals surface area contributed by atoms with Gasteiger partial charge in [0.15, 0.2) is 0 Å². The Kier molecular flexibility index (Phi) is 9.51. The molecule has 0 bridgehead atoms. The van der Waals surface area contributed by atoms with Crippen molar-refractivity contribution < 1.29 is 9.18 Å². The summed E-state index contributed by atoms with van der Waals surface area (Å²) in [4.78, 5) is 18.1. The third-order valence-corrected chi connectivity index (χ3v) is 7.30. The number of pyridine rings is 1. The topological polar surface area (TPSA) is 40.9 Å². The van der Waals surface area contributed by atoms with Crippen molar-refractivity contribution in [3.63, 3.8) is 0 Å². The summed E-state index contributed by atoms with van der Waals surface area (Å²) in [5.74, 6) is -0.149. The number of amides is 1. The fraction of sp³-hybridized carbons (Fsp3) is 0.533. The lowest BCUT2D eigenvalue weighted by atomic mass is 10.0. The van der Waals surface area contributed by atoms with E-state index >= 15 is 0 Å². The number of hydrogen-bond acceptors (Lipinski definition) is 3. The zero-order chi connectivity index (χ0) is 25.3. The fourth-order valence-electron chi connectivity index (χ4n) is 5.17. The SMILES string of the molecule is CCCCN(CCCC)C(=O)c1ccn2nc(-c3ccc(F)cc3)c(CCCN3CCCCC3)c2c1. The average Bonchev–Trinajstić information content (AvgIpc) is 3.27. The van der Waals surface area contributed by atoms with E-state index in [0.29, 0.717) is 0 Å². The Balaban J connectivity index is 1.64. The third-order valence-electron chi connectivity index (χ3n) is 7.30. The van der Waals surface area contributed by atoms with Crippen LogP contribution in [0, 0.1) is 5.82 Å². The second-order valence-electron chi connectivity index (χ2n) is 10.1. The Morgan fingerprint density at radius 1 is 0.972 bits per heavy atom. The zero-order valence-corrected chi connectivity index (χ0v) is 22.0. The van der Waals surface area contributed by atoms with Gasteiger partial charge in [-0.25, -0.2) is 8.91 Å². The van der Waals surface area contributed by atoms with E-state index in [0.717, 1.165) is 86.1 Å². The standard InChI is InChI=1S/C30H41FN4O/c1-3-5-20-34(21-6-4-2)30(36)25-16-22-35-28(23-25)27(11-10-19-33-17-8-7-9-18-33)29(32-35)24-12-14-26(31)15-13-24/h12-16,22-23H,3-11,17-21H2,1-2H3. The van der Waals surface area contributed by atoms with Gasteiger partial charge in [-0.1, -0.05) is 33.1 Å². The molecule has 3 heterocycles. The fourth-order valence-corrected chi connectivity index (χ4v) is 5.17. The molecule has 1 saturated heterocycles. The van der Waals surface area contributed by atoms with Crippen LogP contribution in [0.1, 0.15) is 81.1 Å². The van der Waals surface area contributed by atoms with E-state index < -0.39 is 0 Å². The van der Waals surface area contributed by atoms with Gasteiger partial charge in [0, 0.05) is 36.0 Å². The average molecular weight is 493 g/mol. The lowest BCUT2D eigenvalue weighted by Gasteiger charge is -2.26. The van der Waals surface area contributed by atoms with E-state index in [1.165, 1.54) is 44.5 Å². The number of aryl methyl sites for hydroxylation is 1. The van der Waals surface area contributed by atoms with E-state index in [9.17, 15) is 9.18 Å². The highest BCUT2D eigenvalue weighted by atomic mass is 19.1. The molecule has 0 atom stereocenters. The number of halogens is 1. The largest absolute Gasteiger partial charge is 0.339 e. The van der Waals surface area contributed by atoms with Gasteiger partial charge in [-0.3, -0.25) is 4.79 Å². The minimum Gasteiger partial charge on any atom is -0.339 e. The number of unbranched alkanes of at least 4 members (excludes halogenated alkanes) is 2.